The highest BCUT2D eigenvalue weighted by Gasteiger charge is 2.20. The molecule has 0 saturated carbocycles. The average Bonchev–Trinajstić information content (AvgIpc) is 2.58. The molecule has 0 unspecified atom stereocenters. The van der Waals surface area contributed by atoms with Gasteiger partial charge in [-0.2, -0.15) is 0 Å². The lowest BCUT2D eigenvalue weighted by Gasteiger charge is -2.21. The van der Waals surface area contributed by atoms with Crippen molar-refractivity contribution in [2.24, 2.45) is 0 Å². The Labute approximate surface area is 153 Å². The Bertz CT molecular complexity index is 791. The molecule has 0 radical (unpaired) electrons. The molecule has 2 rings (SSSR count). The number of benzene rings is 2. The van der Waals surface area contributed by atoms with E-state index in [-0.39, 0.29) is 12.5 Å². The molecule has 1 amide bonds. The number of thioether (sulfide) groups is 1. The second kappa shape index (κ2) is 8.92. The predicted octanol–water partition coefficient (Wildman–Crippen LogP) is 2.67. The summed E-state index contributed by atoms with van der Waals surface area (Å²) in [6, 6.07) is 16.8. The molecule has 0 aliphatic carbocycles. The van der Waals surface area contributed by atoms with E-state index in [9.17, 15) is 13.2 Å². The summed E-state index contributed by atoms with van der Waals surface area (Å²) in [5.74, 6) is 0.401. The first-order valence-corrected chi connectivity index (χ1v) is 10.7. The second-order valence-corrected chi connectivity index (χ2v) is 8.69. The van der Waals surface area contributed by atoms with Crippen LogP contribution in [0.25, 0.3) is 0 Å². The number of hydrogen-bond donors (Lipinski definition) is 1. The summed E-state index contributed by atoms with van der Waals surface area (Å²) in [6.45, 7) is 2.29. The van der Waals surface area contributed by atoms with E-state index in [0.717, 1.165) is 21.2 Å². The van der Waals surface area contributed by atoms with Crippen LogP contribution in [0.3, 0.4) is 0 Å². The van der Waals surface area contributed by atoms with E-state index in [1.807, 2.05) is 31.2 Å². The van der Waals surface area contributed by atoms with E-state index < -0.39 is 10.0 Å². The van der Waals surface area contributed by atoms with E-state index in [0.29, 0.717) is 12.2 Å². The fourth-order valence-corrected chi connectivity index (χ4v) is 3.80. The van der Waals surface area contributed by atoms with Gasteiger partial charge in [0.25, 0.3) is 0 Å². The van der Waals surface area contributed by atoms with Crippen molar-refractivity contribution in [1.82, 2.24) is 5.32 Å². The molecular formula is C18H22N2O3S2. The standard InChI is InChI=1S/C18H22N2O3S2/c1-15-8-10-17(11-9-15)24-13-12-19-18(21)14-20(25(2,22)23)16-6-4-3-5-7-16/h3-11H,12-14H2,1-2H3,(H,19,21). The summed E-state index contributed by atoms with van der Waals surface area (Å²) in [5.41, 5.74) is 1.69. The summed E-state index contributed by atoms with van der Waals surface area (Å²) in [7, 11) is -3.52. The van der Waals surface area contributed by atoms with Crippen LogP contribution in [0.2, 0.25) is 0 Å². The van der Waals surface area contributed by atoms with Crippen LogP contribution >= 0.6 is 11.8 Å². The molecule has 1 N–H and O–H groups in total. The molecule has 25 heavy (non-hydrogen) atoms. The fraction of sp³-hybridized carbons (Fsp3) is 0.278. The van der Waals surface area contributed by atoms with E-state index in [1.165, 1.54) is 5.56 Å². The Hall–Kier alpha value is -1.99. The van der Waals surface area contributed by atoms with Gasteiger partial charge < -0.3 is 5.32 Å². The maximum absolute atomic E-state index is 12.1. The lowest BCUT2D eigenvalue weighted by Crippen LogP contribution is -2.41. The van der Waals surface area contributed by atoms with Crippen molar-refractivity contribution < 1.29 is 13.2 Å². The van der Waals surface area contributed by atoms with Crippen molar-refractivity contribution in [1.29, 1.82) is 0 Å². The number of carbonyl (C=O) groups excluding carboxylic acids is 1. The number of amides is 1. The number of nitrogens with one attached hydrogen (secondary N) is 1. The molecule has 0 fully saturated rings. The van der Waals surface area contributed by atoms with Crippen molar-refractivity contribution in [2.75, 3.05) is 29.4 Å². The Morgan fingerprint density at radius 2 is 1.72 bits per heavy atom. The van der Waals surface area contributed by atoms with Gasteiger partial charge in [-0.05, 0) is 31.2 Å². The number of nitrogens with zero attached hydrogens (tertiary/aromatic N) is 1. The van der Waals surface area contributed by atoms with Crippen LogP contribution in [0.15, 0.2) is 59.5 Å². The van der Waals surface area contributed by atoms with Gasteiger partial charge in [0, 0.05) is 17.2 Å². The van der Waals surface area contributed by atoms with Gasteiger partial charge >= 0.3 is 0 Å². The zero-order valence-corrected chi connectivity index (χ0v) is 15.9. The minimum atomic E-state index is -3.52. The van der Waals surface area contributed by atoms with Gasteiger partial charge in [0.1, 0.15) is 6.54 Å². The molecule has 0 saturated heterocycles. The van der Waals surface area contributed by atoms with Gasteiger partial charge in [-0.25, -0.2) is 8.42 Å². The molecule has 0 aromatic heterocycles. The lowest BCUT2D eigenvalue weighted by atomic mass is 10.2. The SMILES string of the molecule is Cc1ccc(SCCNC(=O)CN(c2ccccc2)S(C)(=O)=O)cc1. The molecule has 0 aliphatic heterocycles. The van der Waals surface area contributed by atoms with Crippen LogP contribution in [0, 0.1) is 6.92 Å². The van der Waals surface area contributed by atoms with Crippen LogP contribution < -0.4 is 9.62 Å². The third kappa shape index (κ3) is 6.43. The molecule has 134 valence electrons. The second-order valence-electron chi connectivity index (χ2n) is 5.62. The molecule has 2 aromatic carbocycles. The van der Waals surface area contributed by atoms with Crippen LogP contribution in [0.4, 0.5) is 5.69 Å². The summed E-state index contributed by atoms with van der Waals surface area (Å²) >= 11 is 1.65. The largest absolute Gasteiger partial charge is 0.354 e. The maximum atomic E-state index is 12.1. The third-order valence-electron chi connectivity index (χ3n) is 3.45. The number of rotatable bonds is 8. The normalized spacial score (nSPS) is 11.1. The Balaban J connectivity index is 1.84. The van der Waals surface area contributed by atoms with Crippen molar-refractivity contribution in [3.63, 3.8) is 0 Å². The van der Waals surface area contributed by atoms with Gasteiger partial charge in [0.15, 0.2) is 0 Å². The quantitative estimate of drug-likeness (QED) is 0.566. The van der Waals surface area contributed by atoms with E-state index in [4.69, 9.17) is 0 Å². The zero-order valence-electron chi connectivity index (χ0n) is 14.3. The number of anilines is 1. The molecule has 7 heteroatoms. The van der Waals surface area contributed by atoms with Gasteiger partial charge in [-0.15, -0.1) is 11.8 Å². The first-order valence-electron chi connectivity index (χ1n) is 7.85. The highest BCUT2D eigenvalue weighted by molar-refractivity contribution is 7.99. The first kappa shape index (κ1) is 19.3. The molecule has 0 heterocycles. The topological polar surface area (TPSA) is 66.5 Å². The summed E-state index contributed by atoms with van der Waals surface area (Å²) in [6.07, 6.45) is 1.10. The number of sulfonamides is 1. The third-order valence-corrected chi connectivity index (χ3v) is 5.60. The van der Waals surface area contributed by atoms with E-state index in [2.05, 4.69) is 5.32 Å². The van der Waals surface area contributed by atoms with Gasteiger partial charge in [0.05, 0.1) is 11.9 Å². The average molecular weight is 379 g/mol. The van der Waals surface area contributed by atoms with E-state index >= 15 is 0 Å². The minimum absolute atomic E-state index is 0.224. The molecule has 0 bridgehead atoms. The number of hydrogen-bond acceptors (Lipinski definition) is 4. The van der Waals surface area contributed by atoms with Gasteiger partial charge in [-0.1, -0.05) is 35.9 Å². The first-order chi connectivity index (χ1) is 11.9. The molecular weight excluding hydrogens is 356 g/mol. The molecule has 2 aromatic rings. The van der Waals surface area contributed by atoms with Crippen molar-refractivity contribution in [2.45, 2.75) is 11.8 Å². The van der Waals surface area contributed by atoms with Crippen LogP contribution in [0.1, 0.15) is 5.56 Å². The van der Waals surface area contributed by atoms with Crippen molar-refractivity contribution in [3.8, 4) is 0 Å². The molecule has 0 aliphatic rings. The smallest absolute Gasteiger partial charge is 0.240 e. The van der Waals surface area contributed by atoms with Gasteiger partial charge in [-0.3, -0.25) is 9.10 Å². The van der Waals surface area contributed by atoms with Crippen LogP contribution in [-0.2, 0) is 14.8 Å². The zero-order chi connectivity index (χ0) is 18.3. The summed E-state index contributed by atoms with van der Waals surface area (Å²) in [5, 5.41) is 2.77. The Morgan fingerprint density at radius 1 is 1.08 bits per heavy atom. The Morgan fingerprint density at radius 3 is 2.32 bits per heavy atom. The number of para-hydroxylation sites is 1. The van der Waals surface area contributed by atoms with Crippen LogP contribution in [-0.4, -0.2) is 39.4 Å². The highest BCUT2D eigenvalue weighted by Crippen LogP contribution is 2.18. The molecule has 0 spiro atoms. The van der Waals surface area contributed by atoms with E-state index in [1.54, 1.807) is 42.1 Å². The maximum Gasteiger partial charge on any atom is 0.240 e. The fourth-order valence-electron chi connectivity index (χ4n) is 2.17. The van der Waals surface area contributed by atoms with Crippen molar-refractivity contribution >= 4 is 33.4 Å². The number of aryl methyl sites for hydroxylation is 1. The Kier molecular flexibility index (Phi) is 6.90. The predicted molar refractivity (Wildman–Crippen MR) is 104 cm³/mol. The highest BCUT2D eigenvalue weighted by atomic mass is 32.2. The molecule has 0 atom stereocenters. The summed E-state index contributed by atoms with van der Waals surface area (Å²) in [4.78, 5) is 13.2. The molecule has 5 nitrogen and oxygen atoms in total. The number of carbonyl (C=O) groups is 1. The van der Waals surface area contributed by atoms with Gasteiger partial charge in [0.2, 0.25) is 15.9 Å². The summed E-state index contributed by atoms with van der Waals surface area (Å²) < 4.78 is 25.0. The monoisotopic (exact) mass is 378 g/mol. The van der Waals surface area contributed by atoms with Crippen molar-refractivity contribution in [3.05, 3.63) is 60.2 Å². The van der Waals surface area contributed by atoms with Crippen LogP contribution in [0.5, 0.6) is 0 Å². The lowest BCUT2D eigenvalue weighted by molar-refractivity contribution is -0.119. The minimum Gasteiger partial charge on any atom is -0.354 e.